The molecule has 0 aliphatic heterocycles. The van der Waals surface area contributed by atoms with Crippen molar-refractivity contribution in [3.63, 3.8) is 0 Å². The number of unbranched alkanes of at least 4 members (excludes halogenated alkanes) is 22. The van der Waals surface area contributed by atoms with Crippen molar-refractivity contribution in [3.8, 4) is 17.2 Å². The molecule has 7 N–H and O–H groups in total. The number of rotatable bonds is 47. The maximum absolute atomic E-state index is 11.2. The molecule has 0 spiro atoms. The van der Waals surface area contributed by atoms with Gasteiger partial charge >= 0.3 is 13.6 Å². The van der Waals surface area contributed by atoms with E-state index in [1.54, 1.807) is 13.0 Å². The molecule has 140 heavy (non-hydrogen) atoms. The Labute approximate surface area is 855 Å². The van der Waals surface area contributed by atoms with Crippen LogP contribution in [0.25, 0.3) is 11.1 Å². The smallest absolute Gasteiger partial charge is 0.325 e. The van der Waals surface area contributed by atoms with Gasteiger partial charge in [-0.3, -0.25) is 18.9 Å². The topological polar surface area (TPSA) is 266 Å². The summed E-state index contributed by atoms with van der Waals surface area (Å²) in [6.07, 6.45) is 44.8. The average Bonchev–Trinajstić information content (AvgIpc) is 0.824. The molecule has 0 unspecified atom stereocenters. The van der Waals surface area contributed by atoms with Crippen molar-refractivity contribution in [2.24, 2.45) is 5.73 Å². The molecule has 9 aromatic carbocycles. The van der Waals surface area contributed by atoms with Gasteiger partial charge in [-0.25, -0.2) is 8.42 Å². The number of aryl methyl sites for hydroxylation is 25. The minimum absolute atomic E-state index is 0.0243. The van der Waals surface area contributed by atoms with Gasteiger partial charge in [0.2, 0.25) is 0 Å². The van der Waals surface area contributed by atoms with Gasteiger partial charge in [0.25, 0.3) is 10.1 Å². The SMILES string of the molecule is Cc1ccc(C)c(-c2ccncc2)c1.Cc1ccc(C)c(CCCCCCC#N)c1.Cc1ccc(C)c(CCCCCCC(=O)O)c1.Cc1ccc(C)c(CCCCCCN)c1.Cc1ccc(C)c(CCCCCCO)c1.Cc1ccc(C)c(CCCCCCP(=O)(O)O)c1.Cc1ccc(C)c(CCCCCCS(=O)(=O)O)c1.Cc1ccc(C)c(CCCCCCS)c1.Cc1ccc(C)c(S(C)(=O)=O)c1. The first-order chi connectivity index (χ1) is 66.5. The highest BCUT2D eigenvalue weighted by Gasteiger charge is 2.14. The van der Waals surface area contributed by atoms with Gasteiger partial charge in [0.05, 0.1) is 16.7 Å². The molecule has 0 aliphatic carbocycles. The highest BCUT2D eigenvalue weighted by atomic mass is 32.2. The van der Waals surface area contributed by atoms with Gasteiger partial charge < -0.3 is 25.7 Å². The van der Waals surface area contributed by atoms with Crippen molar-refractivity contribution in [2.75, 3.05) is 37.1 Å². The zero-order valence-electron chi connectivity index (χ0n) is 89.5. The van der Waals surface area contributed by atoms with Crippen LogP contribution in [0.15, 0.2) is 193 Å². The van der Waals surface area contributed by atoms with Crippen molar-refractivity contribution in [2.45, 2.75) is 367 Å². The van der Waals surface area contributed by atoms with E-state index >= 15 is 0 Å². The van der Waals surface area contributed by atoms with Gasteiger partial charge in [-0.05, 0) is 396 Å². The molecule has 10 rings (SSSR count). The number of pyridine rings is 1. The molecule has 0 radical (unpaired) electrons. The van der Waals surface area contributed by atoms with Crippen LogP contribution in [0.4, 0.5) is 0 Å². The van der Waals surface area contributed by atoms with Crippen LogP contribution in [-0.2, 0) is 74.3 Å². The van der Waals surface area contributed by atoms with Gasteiger partial charge in [0.1, 0.15) is 0 Å². The highest BCUT2D eigenvalue weighted by Crippen LogP contribution is 2.36. The number of nitrogens with zero attached hydrogens (tertiary/aromatic N) is 2. The lowest BCUT2D eigenvalue weighted by Gasteiger charge is -2.07. The number of aromatic nitrogens is 1. The summed E-state index contributed by atoms with van der Waals surface area (Å²) in [5.74, 6) is 0.236. The van der Waals surface area contributed by atoms with Crippen LogP contribution >= 0.6 is 20.2 Å². The van der Waals surface area contributed by atoms with Gasteiger partial charge in [-0.15, -0.1) is 0 Å². The van der Waals surface area contributed by atoms with Crippen LogP contribution in [0.5, 0.6) is 0 Å². The third kappa shape index (κ3) is 62.7. The number of benzene rings is 9. The van der Waals surface area contributed by atoms with Crippen LogP contribution < -0.4 is 5.73 Å². The number of carboxylic acid groups (broad SMARTS) is 1. The van der Waals surface area contributed by atoms with Gasteiger partial charge in [-0.2, -0.15) is 26.3 Å². The van der Waals surface area contributed by atoms with Crippen LogP contribution in [0.2, 0.25) is 0 Å². The van der Waals surface area contributed by atoms with E-state index in [0.29, 0.717) is 37.2 Å². The Bertz CT molecular complexity index is 5320. The van der Waals surface area contributed by atoms with E-state index in [9.17, 15) is 26.2 Å². The van der Waals surface area contributed by atoms with E-state index < -0.39 is 33.5 Å². The second kappa shape index (κ2) is 74.3. The van der Waals surface area contributed by atoms with Crippen molar-refractivity contribution in [3.05, 3.63) is 327 Å². The zero-order chi connectivity index (χ0) is 104. The quantitative estimate of drug-likeness (QED) is 0.00810. The van der Waals surface area contributed by atoms with Crippen LogP contribution in [0.1, 0.15) is 332 Å². The molecule has 14 nitrogen and oxygen atoms in total. The monoisotopic (exact) mass is 1990 g/mol. The zero-order valence-corrected chi connectivity index (χ0v) is 92.9. The summed E-state index contributed by atoms with van der Waals surface area (Å²) in [6, 6.07) is 64.6. The largest absolute Gasteiger partial charge is 0.481 e. The average molecular weight is 1990 g/mol. The molecule has 1 heterocycles. The predicted molar refractivity (Wildman–Crippen MR) is 601 cm³/mol. The lowest BCUT2D eigenvalue weighted by atomic mass is 9.99. The van der Waals surface area contributed by atoms with Crippen molar-refractivity contribution >= 4 is 46.1 Å². The minimum Gasteiger partial charge on any atom is -0.481 e. The fourth-order valence-corrected chi connectivity index (χ4v) is 18.8. The lowest BCUT2D eigenvalue weighted by molar-refractivity contribution is -0.137. The number of aliphatic carboxylic acids is 1. The molecule has 772 valence electrons. The van der Waals surface area contributed by atoms with Crippen molar-refractivity contribution < 1.29 is 50.7 Å². The molecular formula is C122H180N3O11PS3. The third-order valence-electron chi connectivity index (χ3n) is 25.1. The highest BCUT2D eigenvalue weighted by molar-refractivity contribution is 7.90. The summed E-state index contributed by atoms with van der Waals surface area (Å²) in [7, 11) is -10.6. The molecule has 18 heteroatoms. The normalized spacial score (nSPS) is 10.9. The first kappa shape index (κ1) is 127. The molecule has 0 amide bonds. The Morgan fingerprint density at radius 3 is 0.914 bits per heavy atom. The van der Waals surface area contributed by atoms with Gasteiger partial charge in [0, 0.05) is 44.3 Å². The maximum Gasteiger partial charge on any atom is 0.325 e. The number of nitriles is 1. The second-order valence-corrected chi connectivity index (χ2v) is 44.5. The molecular weight excluding hydrogens is 1810 g/mol. The molecule has 0 aliphatic rings. The summed E-state index contributed by atoms with van der Waals surface area (Å²) < 4.78 is 62.7. The first-order valence-electron chi connectivity index (χ1n) is 51.7. The molecule has 0 saturated heterocycles. The summed E-state index contributed by atoms with van der Waals surface area (Å²) in [6.45, 7) is 39.2. The Kier molecular flexibility index (Phi) is 67.6. The van der Waals surface area contributed by atoms with Gasteiger partial charge in [0.15, 0.2) is 9.84 Å². The number of sulfone groups is 1. The number of aliphatic hydroxyl groups is 1. The van der Waals surface area contributed by atoms with E-state index in [2.05, 4.69) is 280 Å². The van der Waals surface area contributed by atoms with E-state index in [1.807, 2.05) is 43.6 Å². The van der Waals surface area contributed by atoms with E-state index in [1.165, 1.54) is 254 Å². The molecule has 0 bridgehead atoms. The fraction of sp³-hybridized carbons (Fsp3) is 0.500. The van der Waals surface area contributed by atoms with Crippen molar-refractivity contribution in [1.29, 1.82) is 5.26 Å². The van der Waals surface area contributed by atoms with E-state index in [4.69, 9.17) is 35.5 Å². The molecule has 0 atom stereocenters. The Morgan fingerprint density at radius 2 is 0.629 bits per heavy atom. The first-order valence-corrected chi connectivity index (χ1v) is 57.6. The minimum atomic E-state index is -3.79. The van der Waals surface area contributed by atoms with Crippen LogP contribution in [0, 0.1) is 136 Å². The number of carboxylic acids is 1. The summed E-state index contributed by atoms with van der Waals surface area (Å²) in [4.78, 5) is 32.3. The maximum atomic E-state index is 11.2. The second-order valence-electron chi connectivity index (χ2n) is 38.7. The molecule has 0 fully saturated rings. The predicted octanol–water partition coefficient (Wildman–Crippen LogP) is 31.3. The molecule has 0 saturated carbocycles. The fourth-order valence-electron chi connectivity index (χ4n) is 16.3. The summed E-state index contributed by atoms with van der Waals surface area (Å²) >= 11 is 4.22. The number of hydrogen-bond acceptors (Lipinski definition) is 11. The van der Waals surface area contributed by atoms with Crippen LogP contribution in [0.3, 0.4) is 0 Å². The summed E-state index contributed by atoms with van der Waals surface area (Å²) in [5, 5.41) is 25.6. The number of aliphatic hydroxyl groups excluding tert-OH is 1. The molecule has 1 aromatic heterocycles. The summed E-state index contributed by atoms with van der Waals surface area (Å²) in [5.41, 5.74) is 41.6. The third-order valence-corrected chi connectivity index (χ3v) is 28.3. The Morgan fingerprint density at radius 1 is 0.357 bits per heavy atom. The van der Waals surface area contributed by atoms with Gasteiger partial charge in [-0.1, -0.05) is 292 Å². The Balaban J connectivity index is 0.000000534. The standard InChI is InChI=1S/C15H21N.C15H22O2.C14H23N.C14H23O3P.C14H22O3S.C14H22O.C14H22S.C13H13N.C9H12O2S/c1-13-9-10-14(2)15(12-13)8-6-4-3-5-7-11-16;1-12-9-10-13(2)14(11-12)7-5-3-4-6-8-15(16)17;1-12-8-9-13(2)14(11-12)7-5-3-4-6-10-15;2*1-12-8-9-13(2)14(11-12)7-5-3-4-6-10-18(15,16)17;2*1-12-8-9-13(2)14(11-12)7-5-3-4-6-10-15;1-10-3-4-11(2)13(9-10)12-5-7-14-8-6-12;1-7-4-5-8(2)9(6-7)12(3,10)11/h9-10,12H,3-8H2,1-2H3;9-11H,3-8H2,1-2H3,(H,16,17);8-9,11H,3-7,10,15H2,1-2H3;8-9,11H,3-7,10H2,1-2H3,(H2,15,16,17);8-9,11H,3-7,10H2,1-2H3,(H,15,16,17);2*8-9,11,15H,3-7,10H2,1-2H3;3-9H,1-2H3;4-6H,1-3H3. The Hall–Kier alpha value is -8.63. The van der Waals surface area contributed by atoms with E-state index in [-0.39, 0.29) is 11.9 Å². The van der Waals surface area contributed by atoms with E-state index in [0.717, 1.165) is 126 Å². The lowest BCUT2D eigenvalue weighted by Crippen LogP contribution is -2.03. The molecule has 10 aromatic rings. The number of carbonyl (C=O) groups is 1. The number of hydrogen-bond donors (Lipinski definition) is 7. The van der Waals surface area contributed by atoms with Crippen LogP contribution in [-0.4, -0.2) is 89.4 Å². The van der Waals surface area contributed by atoms with Crippen molar-refractivity contribution in [1.82, 2.24) is 4.98 Å². The number of nitrogens with two attached hydrogens (primary N) is 1. The number of thiol groups is 1.